The van der Waals surface area contributed by atoms with Gasteiger partial charge in [-0.25, -0.2) is 4.79 Å². The molecule has 10 heteroatoms. The van der Waals surface area contributed by atoms with Crippen molar-refractivity contribution in [3.05, 3.63) is 12.2 Å². The minimum Gasteiger partial charge on any atom is -0.480 e. The quantitative estimate of drug-likeness (QED) is 0.198. The highest BCUT2D eigenvalue weighted by atomic mass is 16.5. The first-order valence-electron chi connectivity index (χ1n) is 16.9. The van der Waals surface area contributed by atoms with Crippen LogP contribution >= 0.6 is 0 Å². The molecule has 2 amide bonds. The minimum atomic E-state index is -1.36. The number of hydrogen-bond acceptors (Lipinski definition) is 7. The van der Waals surface area contributed by atoms with Gasteiger partial charge in [-0.2, -0.15) is 0 Å². The maximum atomic E-state index is 13.9. The molecule has 3 aliphatic rings. The Morgan fingerprint density at radius 3 is 2.40 bits per heavy atom. The molecule has 0 spiro atoms. The van der Waals surface area contributed by atoms with Gasteiger partial charge in [0.2, 0.25) is 5.91 Å². The number of carbonyl (C=O) groups excluding carboxylic acids is 3. The number of ketones is 1. The third-order valence-electron chi connectivity index (χ3n) is 11.2. The molecule has 2 heterocycles. The molecule has 2 saturated heterocycles. The maximum Gasteiger partial charge on any atom is 0.326 e. The lowest BCUT2D eigenvalue weighted by molar-refractivity contribution is -0.183. The van der Waals surface area contributed by atoms with E-state index in [-0.39, 0.29) is 48.5 Å². The molecule has 1 saturated carbocycles. The van der Waals surface area contributed by atoms with E-state index in [0.29, 0.717) is 44.4 Å². The summed E-state index contributed by atoms with van der Waals surface area (Å²) in [5.41, 5.74) is -0.644. The van der Waals surface area contributed by atoms with Crippen LogP contribution in [0.15, 0.2) is 12.2 Å². The van der Waals surface area contributed by atoms with Gasteiger partial charge in [0.05, 0.1) is 12.2 Å². The molecular formula is C35H58N2O8. The summed E-state index contributed by atoms with van der Waals surface area (Å²) in [6.07, 6.45) is 6.42. The van der Waals surface area contributed by atoms with Crippen LogP contribution in [0.4, 0.5) is 0 Å². The van der Waals surface area contributed by atoms with Gasteiger partial charge in [0.1, 0.15) is 17.7 Å². The highest BCUT2D eigenvalue weighted by molar-refractivity contribution is 6.39. The summed E-state index contributed by atoms with van der Waals surface area (Å²) in [5, 5.41) is 22.8. The van der Waals surface area contributed by atoms with Crippen LogP contribution in [0.5, 0.6) is 0 Å². The van der Waals surface area contributed by atoms with Crippen molar-refractivity contribution in [1.29, 1.82) is 0 Å². The van der Waals surface area contributed by atoms with Gasteiger partial charge in [0.25, 0.3) is 11.7 Å². The normalized spacial score (nSPS) is 34.3. The van der Waals surface area contributed by atoms with Gasteiger partial charge in [-0.1, -0.05) is 39.8 Å². The lowest BCUT2D eigenvalue weighted by Crippen LogP contribution is -2.61. The van der Waals surface area contributed by atoms with Gasteiger partial charge >= 0.3 is 5.97 Å². The molecule has 1 aliphatic carbocycles. The van der Waals surface area contributed by atoms with Gasteiger partial charge in [-0.3, -0.25) is 14.4 Å². The van der Waals surface area contributed by atoms with Crippen LogP contribution in [0.25, 0.3) is 0 Å². The summed E-state index contributed by atoms with van der Waals surface area (Å²) in [4.78, 5) is 55.2. The number of hydrogen-bond donors (Lipinski definition) is 3. The highest BCUT2D eigenvalue weighted by Gasteiger charge is 2.50. The molecule has 0 bridgehead atoms. The number of amides is 2. The van der Waals surface area contributed by atoms with E-state index in [9.17, 15) is 29.4 Å². The fraction of sp³-hybridized carbons (Fsp3) is 0.829. The Balaban J connectivity index is 1.73. The highest BCUT2D eigenvalue weighted by Crippen LogP contribution is 2.46. The lowest BCUT2D eigenvalue weighted by Gasteiger charge is -2.44. The van der Waals surface area contributed by atoms with Crippen molar-refractivity contribution in [2.75, 3.05) is 20.3 Å². The number of carboxylic acid groups (broad SMARTS) is 1. The molecule has 0 aromatic carbocycles. The average Bonchev–Trinajstić information content (AvgIpc) is 3.00. The molecule has 10 nitrogen and oxygen atoms in total. The lowest BCUT2D eigenvalue weighted by atomic mass is 9.63. The molecule has 3 rings (SSSR count). The third-order valence-corrected chi connectivity index (χ3v) is 11.2. The van der Waals surface area contributed by atoms with E-state index in [2.05, 4.69) is 25.7 Å². The smallest absolute Gasteiger partial charge is 0.326 e. The van der Waals surface area contributed by atoms with Gasteiger partial charge in [0, 0.05) is 26.7 Å². The summed E-state index contributed by atoms with van der Waals surface area (Å²) in [7, 11) is 1.61. The number of ether oxygens (including phenoxy) is 2. The van der Waals surface area contributed by atoms with Crippen molar-refractivity contribution in [3.63, 3.8) is 0 Å². The fourth-order valence-electron chi connectivity index (χ4n) is 7.97. The first-order valence-corrected chi connectivity index (χ1v) is 16.9. The van der Waals surface area contributed by atoms with Crippen LogP contribution < -0.4 is 5.32 Å². The Morgan fingerprint density at radius 2 is 1.80 bits per heavy atom. The van der Waals surface area contributed by atoms with E-state index in [4.69, 9.17) is 9.47 Å². The zero-order chi connectivity index (χ0) is 33.7. The van der Waals surface area contributed by atoms with Crippen LogP contribution in [-0.2, 0) is 28.7 Å². The molecular weight excluding hydrogens is 576 g/mol. The van der Waals surface area contributed by atoms with E-state index >= 15 is 0 Å². The number of methoxy groups -OCH3 is 1. The number of rotatable bonds is 13. The number of carbonyl (C=O) groups is 4. The number of aliphatic hydroxyl groups is 1. The SMILES string of the molecule is C=C(C)[C@H](C[C@@H]1CC[C@@H](C)[C@](C)(C(=O)C(=O)N2CCCC[C@H]2C(=O)N[C@@H](C(=O)O)[C@H](C)C[C@]2(C)CC[C@@H](C)[C@H](CO)C2)O1)OC. The molecule has 10 atom stereocenters. The second-order valence-electron chi connectivity index (χ2n) is 15.0. The molecule has 2 aliphatic heterocycles. The van der Waals surface area contributed by atoms with Gasteiger partial charge < -0.3 is 29.9 Å². The monoisotopic (exact) mass is 634 g/mol. The average molecular weight is 635 g/mol. The standard InChI is InChI=1S/C35H58N2O8/c1-21(2)28(44-8)17-26-13-12-24(5)35(7,45-26)30(39)32(41)37-16-10-9-11-27(37)31(40)36-29(33(42)43)23(4)18-34(6)15-14-22(3)25(19-34)20-38/h22-29,38H,1,9-20H2,2-8H3,(H,36,40)(H,42,43)/t22-,23-,24-,25+,26+,27+,28+,29-,34+,35-/m1/s1. The number of nitrogens with zero attached hydrogens (tertiary/aromatic N) is 1. The summed E-state index contributed by atoms with van der Waals surface area (Å²) in [5.74, 6) is -3.10. The number of piperidine rings is 1. The van der Waals surface area contributed by atoms with Crippen molar-refractivity contribution < 1.29 is 38.9 Å². The predicted molar refractivity (Wildman–Crippen MR) is 171 cm³/mol. The summed E-state index contributed by atoms with van der Waals surface area (Å²) < 4.78 is 11.9. The van der Waals surface area contributed by atoms with E-state index in [1.165, 1.54) is 4.90 Å². The van der Waals surface area contributed by atoms with E-state index in [0.717, 1.165) is 31.3 Å². The van der Waals surface area contributed by atoms with Crippen LogP contribution in [0.3, 0.4) is 0 Å². The molecule has 45 heavy (non-hydrogen) atoms. The Labute approximate surface area is 269 Å². The molecule has 0 unspecified atom stereocenters. The molecule has 3 N–H and O–H groups in total. The number of nitrogens with one attached hydrogen (secondary N) is 1. The molecule has 256 valence electrons. The van der Waals surface area contributed by atoms with Crippen molar-refractivity contribution in [1.82, 2.24) is 10.2 Å². The predicted octanol–water partition coefficient (Wildman–Crippen LogP) is 4.52. The zero-order valence-electron chi connectivity index (χ0n) is 28.6. The molecule has 0 aromatic rings. The summed E-state index contributed by atoms with van der Waals surface area (Å²) >= 11 is 0. The minimum absolute atomic E-state index is 0.111. The number of aliphatic carboxylic acids is 1. The Morgan fingerprint density at radius 1 is 1.11 bits per heavy atom. The number of aliphatic hydroxyl groups excluding tert-OH is 1. The molecule has 0 aromatic heterocycles. The van der Waals surface area contributed by atoms with Crippen LogP contribution in [0, 0.1) is 29.1 Å². The van der Waals surface area contributed by atoms with Crippen LogP contribution in [-0.4, -0.2) is 88.8 Å². The Hall–Kier alpha value is -2.30. The third kappa shape index (κ3) is 8.74. The van der Waals surface area contributed by atoms with E-state index < -0.39 is 41.3 Å². The van der Waals surface area contributed by atoms with Crippen LogP contribution in [0.2, 0.25) is 0 Å². The molecule has 0 radical (unpaired) electrons. The first-order chi connectivity index (χ1) is 21.1. The second-order valence-corrected chi connectivity index (χ2v) is 15.0. The zero-order valence-corrected chi connectivity index (χ0v) is 28.6. The summed E-state index contributed by atoms with van der Waals surface area (Å²) in [6, 6.07) is -2.08. The van der Waals surface area contributed by atoms with Crippen LogP contribution in [0.1, 0.15) is 106 Å². The number of carboxylic acids is 1. The van der Waals surface area contributed by atoms with Gasteiger partial charge in [-0.05, 0) is 101 Å². The van der Waals surface area contributed by atoms with Crippen molar-refractivity contribution in [2.45, 2.75) is 136 Å². The van der Waals surface area contributed by atoms with Crippen molar-refractivity contribution in [3.8, 4) is 0 Å². The maximum absolute atomic E-state index is 13.9. The second kappa shape index (κ2) is 15.5. The number of Topliss-reactive ketones (excluding diaryl/α,β-unsaturated/α-hetero) is 1. The van der Waals surface area contributed by atoms with E-state index in [1.54, 1.807) is 14.0 Å². The Bertz CT molecular complexity index is 1100. The first kappa shape index (κ1) is 37.2. The Kier molecular flexibility index (Phi) is 12.8. The van der Waals surface area contributed by atoms with E-state index in [1.807, 2.05) is 20.8 Å². The van der Waals surface area contributed by atoms with Gasteiger partial charge in [-0.15, -0.1) is 0 Å². The molecule has 3 fully saturated rings. The largest absolute Gasteiger partial charge is 0.480 e. The van der Waals surface area contributed by atoms with Gasteiger partial charge in [0.15, 0.2) is 0 Å². The number of likely N-dealkylation sites (tertiary alicyclic amines) is 1. The topological polar surface area (TPSA) is 142 Å². The van der Waals surface area contributed by atoms with Crippen molar-refractivity contribution >= 4 is 23.6 Å². The fourth-order valence-corrected chi connectivity index (χ4v) is 7.97. The van der Waals surface area contributed by atoms with Crippen molar-refractivity contribution in [2.24, 2.45) is 29.1 Å². The summed E-state index contributed by atoms with van der Waals surface area (Å²) in [6.45, 7) is 15.9.